The third kappa shape index (κ3) is 2.40. The fourth-order valence-corrected chi connectivity index (χ4v) is 2.42. The van der Waals surface area contributed by atoms with Gasteiger partial charge in [0.15, 0.2) is 0 Å². The second kappa shape index (κ2) is 5.23. The van der Waals surface area contributed by atoms with Crippen LogP contribution in [0.4, 0.5) is 4.39 Å². The Morgan fingerprint density at radius 2 is 2.10 bits per heavy atom. The van der Waals surface area contributed by atoms with E-state index < -0.39 is 0 Å². The van der Waals surface area contributed by atoms with Gasteiger partial charge in [-0.2, -0.15) is 0 Å². The average Bonchev–Trinajstić information content (AvgIpc) is 2.84. The molecule has 0 aliphatic heterocycles. The van der Waals surface area contributed by atoms with Crippen molar-refractivity contribution in [2.24, 2.45) is 5.73 Å². The van der Waals surface area contributed by atoms with E-state index in [1.165, 1.54) is 6.07 Å². The Hall–Kier alpha value is -1.91. The number of hydrogen-bond donors (Lipinski definition) is 2. The molecule has 0 aliphatic rings. The lowest BCUT2D eigenvalue weighted by Crippen LogP contribution is -1.95. The number of halogens is 2. The van der Waals surface area contributed by atoms with Gasteiger partial charge < -0.3 is 10.7 Å². The van der Waals surface area contributed by atoms with Gasteiger partial charge in [-0.25, -0.2) is 9.37 Å². The first-order chi connectivity index (χ1) is 9.67. The molecule has 0 bridgehead atoms. The Labute approximate surface area is 120 Å². The van der Waals surface area contributed by atoms with Gasteiger partial charge in [-0.15, -0.1) is 0 Å². The van der Waals surface area contributed by atoms with Gasteiger partial charge in [-0.3, -0.25) is 0 Å². The van der Waals surface area contributed by atoms with E-state index in [2.05, 4.69) is 9.97 Å². The van der Waals surface area contributed by atoms with Crippen molar-refractivity contribution in [1.29, 1.82) is 0 Å². The summed E-state index contributed by atoms with van der Waals surface area (Å²) in [6.45, 7) is 0.476. The van der Waals surface area contributed by atoms with Crippen LogP contribution in [0.15, 0.2) is 36.4 Å². The first-order valence-electron chi connectivity index (χ1n) is 6.28. The van der Waals surface area contributed by atoms with E-state index in [1.54, 1.807) is 12.1 Å². The van der Waals surface area contributed by atoms with Crippen LogP contribution in [-0.2, 0) is 13.0 Å². The smallest absolute Gasteiger partial charge is 0.128 e. The molecule has 0 amide bonds. The van der Waals surface area contributed by atoms with E-state index in [0.29, 0.717) is 29.4 Å². The Bertz CT molecular complexity index is 747. The molecule has 3 rings (SSSR count). The molecule has 102 valence electrons. The number of nitrogens with one attached hydrogen (secondary N) is 1. The third-order valence-electron chi connectivity index (χ3n) is 3.24. The fourth-order valence-electron chi connectivity index (χ4n) is 2.19. The molecule has 0 fully saturated rings. The molecule has 0 spiro atoms. The van der Waals surface area contributed by atoms with Gasteiger partial charge in [0.1, 0.15) is 11.6 Å². The number of aromatic nitrogens is 2. The molecule has 3 nitrogen and oxygen atoms in total. The monoisotopic (exact) mass is 289 g/mol. The van der Waals surface area contributed by atoms with Crippen molar-refractivity contribution in [2.75, 3.05) is 0 Å². The van der Waals surface area contributed by atoms with Crippen molar-refractivity contribution >= 4 is 22.6 Å². The van der Waals surface area contributed by atoms with Crippen molar-refractivity contribution in [2.45, 2.75) is 13.0 Å². The molecular weight excluding hydrogens is 277 g/mol. The van der Waals surface area contributed by atoms with Crippen LogP contribution in [0.5, 0.6) is 0 Å². The molecule has 0 aliphatic carbocycles. The molecule has 3 N–H and O–H groups in total. The molecule has 0 radical (unpaired) electrons. The van der Waals surface area contributed by atoms with Crippen LogP contribution in [0.1, 0.15) is 17.0 Å². The third-order valence-corrected chi connectivity index (χ3v) is 3.59. The predicted molar refractivity (Wildman–Crippen MR) is 78.2 cm³/mol. The van der Waals surface area contributed by atoms with Crippen LogP contribution in [0.3, 0.4) is 0 Å². The van der Waals surface area contributed by atoms with Gasteiger partial charge in [-0.1, -0.05) is 23.7 Å². The zero-order valence-electron chi connectivity index (χ0n) is 10.7. The number of aromatic amines is 1. The number of imidazole rings is 1. The molecule has 2 aromatic carbocycles. The summed E-state index contributed by atoms with van der Waals surface area (Å²) in [7, 11) is 0. The first-order valence-corrected chi connectivity index (χ1v) is 6.65. The molecule has 0 unspecified atom stereocenters. The number of benzene rings is 2. The summed E-state index contributed by atoms with van der Waals surface area (Å²) in [5.41, 5.74) is 8.82. The minimum atomic E-state index is -0.319. The van der Waals surface area contributed by atoms with Crippen molar-refractivity contribution in [3.63, 3.8) is 0 Å². The fraction of sp³-hybridized carbons (Fsp3) is 0.133. The quantitative estimate of drug-likeness (QED) is 0.776. The Morgan fingerprint density at radius 1 is 1.25 bits per heavy atom. The van der Waals surface area contributed by atoms with Crippen LogP contribution in [-0.4, -0.2) is 9.97 Å². The van der Waals surface area contributed by atoms with Crippen molar-refractivity contribution in [3.05, 3.63) is 64.2 Å². The molecule has 3 aromatic rings. The van der Waals surface area contributed by atoms with E-state index in [9.17, 15) is 4.39 Å². The molecule has 0 saturated heterocycles. The first kappa shape index (κ1) is 13.1. The summed E-state index contributed by atoms with van der Waals surface area (Å²) in [5, 5.41) is 0.410. The summed E-state index contributed by atoms with van der Waals surface area (Å²) in [5.74, 6) is 0.363. The number of H-pyrrole nitrogens is 1. The molecule has 0 saturated carbocycles. The van der Waals surface area contributed by atoms with E-state index in [0.717, 1.165) is 16.6 Å². The topological polar surface area (TPSA) is 54.7 Å². The van der Waals surface area contributed by atoms with Crippen LogP contribution in [0, 0.1) is 5.82 Å². The summed E-state index contributed by atoms with van der Waals surface area (Å²) < 4.78 is 13.8. The normalized spacial score (nSPS) is 11.2. The number of rotatable bonds is 3. The maximum atomic E-state index is 13.8. The summed E-state index contributed by atoms with van der Waals surface area (Å²) in [4.78, 5) is 7.63. The molecule has 1 aromatic heterocycles. The largest absolute Gasteiger partial charge is 0.342 e. The number of nitrogens with zero attached hydrogens (tertiary/aromatic N) is 1. The lowest BCUT2D eigenvalue weighted by molar-refractivity contribution is 0.612. The highest BCUT2D eigenvalue weighted by molar-refractivity contribution is 6.31. The van der Waals surface area contributed by atoms with Gasteiger partial charge in [0.2, 0.25) is 0 Å². The zero-order chi connectivity index (χ0) is 14.1. The van der Waals surface area contributed by atoms with Crippen LogP contribution < -0.4 is 5.73 Å². The van der Waals surface area contributed by atoms with Gasteiger partial charge >= 0.3 is 0 Å². The van der Waals surface area contributed by atoms with E-state index in [4.69, 9.17) is 17.3 Å². The summed E-state index contributed by atoms with van der Waals surface area (Å²) in [6.07, 6.45) is 0.331. The summed E-state index contributed by atoms with van der Waals surface area (Å²) >= 11 is 6.03. The molecule has 20 heavy (non-hydrogen) atoms. The maximum absolute atomic E-state index is 13.8. The zero-order valence-corrected chi connectivity index (χ0v) is 11.4. The minimum absolute atomic E-state index is 0.319. The van der Waals surface area contributed by atoms with Gasteiger partial charge in [0.25, 0.3) is 0 Å². The van der Waals surface area contributed by atoms with E-state index in [1.807, 2.05) is 18.2 Å². The van der Waals surface area contributed by atoms with Crippen molar-refractivity contribution < 1.29 is 4.39 Å². The molecule has 1 heterocycles. The lowest BCUT2D eigenvalue weighted by atomic mass is 10.1. The number of hydrogen-bond acceptors (Lipinski definition) is 2. The average molecular weight is 290 g/mol. The van der Waals surface area contributed by atoms with Crippen LogP contribution in [0.25, 0.3) is 11.0 Å². The van der Waals surface area contributed by atoms with E-state index >= 15 is 0 Å². The number of nitrogens with two attached hydrogens (primary N) is 1. The second-order valence-corrected chi connectivity index (χ2v) is 5.02. The Balaban J connectivity index is 1.99. The van der Waals surface area contributed by atoms with Gasteiger partial charge in [-0.05, 0) is 29.8 Å². The second-order valence-electron chi connectivity index (χ2n) is 4.62. The Kier molecular flexibility index (Phi) is 3.42. The highest BCUT2D eigenvalue weighted by atomic mass is 35.5. The maximum Gasteiger partial charge on any atom is 0.128 e. The minimum Gasteiger partial charge on any atom is -0.342 e. The molecule has 5 heteroatoms. The SMILES string of the molecule is NCc1ccc2nc(Cc3c(F)cccc3Cl)[nH]c2c1. The van der Waals surface area contributed by atoms with Gasteiger partial charge in [0.05, 0.1) is 11.0 Å². The highest BCUT2D eigenvalue weighted by Gasteiger charge is 2.11. The van der Waals surface area contributed by atoms with Crippen molar-refractivity contribution in [1.82, 2.24) is 9.97 Å². The van der Waals surface area contributed by atoms with Gasteiger partial charge in [0, 0.05) is 23.6 Å². The molecular formula is C15H13ClFN3. The van der Waals surface area contributed by atoms with E-state index in [-0.39, 0.29) is 5.82 Å². The standard InChI is InChI=1S/C15H13ClFN3/c16-11-2-1-3-12(17)10(11)7-15-19-13-5-4-9(8-18)6-14(13)20-15/h1-6H,7-8,18H2,(H,19,20). The predicted octanol–water partition coefficient (Wildman–Crippen LogP) is 3.40. The number of fused-ring (bicyclic) bond motifs is 1. The van der Waals surface area contributed by atoms with Crippen LogP contribution >= 0.6 is 11.6 Å². The lowest BCUT2D eigenvalue weighted by Gasteiger charge is -2.03. The van der Waals surface area contributed by atoms with Crippen molar-refractivity contribution in [3.8, 4) is 0 Å². The Morgan fingerprint density at radius 3 is 2.85 bits per heavy atom. The summed E-state index contributed by atoms with van der Waals surface area (Å²) in [6, 6.07) is 10.5. The highest BCUT2D eigenvalue weighted by Crippen LogP contribution is 2.22. The molecule has 0 atom stereocenters. The van der Waals surface area contributed by atoms with Crippen LogP contribution in [0.2, 0.25) is 5.02 Å².